The molecule has 0 unspecified atom stereocenters. The molecule has 152 valence electrons. The molecule has 0 fully saturated rings. The highest BCUT2D eigenvalue weighted by Gasteiger charge is 2.37. The zero-order chi connectivity index (χ0) is 21.2. The Hall–Kier alpha value is -3.71. The Bertz CT molecular complexity index is 1310. The van der Waals surface area contributed by atoms with Crippen LogP contribution in [0.4, 0.5) is 0 Å². The fraction of sp³-hybridized carbons (Fsp3) is 0.0833. The quantitative estimate of drug-likeness (QED) is 0.650. The number of hydrogen-bond acceptors (Lipinski definition) is 6. The van der Waals surface area contributed by atoms with Crippen LogP contribution in [0.2, 0.25) is 0 Å². The number of nitrogens with zero attached hydrogens (tertiary/aromatic N) is 3. The summed E-state index contributed by atoms with van der Waals surface area (Å²) in [5, 5.41) is 10.7. The molecule has 2 heterocycles. The highest BCUT2D eigenvalue weighted by molar-refractivity contribution is 8.13. The molecule has 7 heteroatoms. The molecule has 3 aromatic carbocycles. The second-order valence-corrected chi connectivity index (χ2v) is 8.04. The van der Waals surface area contributed by atoms with Crippen LogP contribution in [-0.4, -0.2) is 28.0 Å². The van der Waals surface area contributed by atoms with Crippen molar-refractivity contribution in [3.05, 3.63) is 107 Å². The monoisotopic (exact) mass is 426 g/mol. The van der Waals surface area contributed by atoms with E-state index in [2.05, 4.69) is 15.4 Å². The highest BCUT2D eigenvalue weighted by Crippen LogP contribution is 2.24. The standard InChI is InChI=1S/C24H18N4O2S/c29-21(17-11-5-2-6-12-17)22-25-19-14-8-7-13-18(19)20-23(30)26-24(27-28(20)22)31-15-16-9-3-1-4-10-16/h1-14,22H,15H2,(H,26,27,30)/t22-/m1/s1. The summed E-state index contributed by atoms with van der Waals surface area (Å²) in [5.74, 6) is 0.144. The second kappa shape index (κ2) is 8.20. The maximum atomic E-state index is 13.3. The number of para-hydroxylation sites is 1. The number of nitrogens with one attached hydrogen (secondary N) is 1. The molecule has 31 heavy (non-hydrogen) atoms. The first-order chi connectivity index (χ1) is 15.2. The predicted octanol–water partition coefficient (Wildman–Crippen LogP) is 2.27. The summed E-state index contributed by atoms with van der Waals surface area (Å²) in [4.78, 5) is 31.0. The fourth-order valence-electron chi connectivity index (χ4n) is 3.54. The van der Waals surface area contributed by atoms with Gasteiger partial charge < -0.3 is 0 Å². The number of carbonyl (C=O) groups is 2. The van der Waals surface area contributed by atoms with Gasteiger partial charge in [-0.25, -0.2) is 10.0 Å². The molecular weight excluding hydrogens is 408 g/mol. The molecule has 1 amide bonds. The molecule has 1 atom stereocenters. The first-order valence-electron chi connectivity index (χ1n) is 9.83. The van der Waals surface area contributed by atoms with Gasteiger partial charge in [-0.15, -0.1) is 5.10 Å². The molecule has 2 aliphatic rings. The first kappa shape index (κ1) is 19.3. The summed E-state index contributed by atoms with van der Waals surface area (Å²) < 4.78 is 0. The van der Waals surface area contributed by atoms with Crippen LogP contribution in [0.15, 0.2) is 95.0 Å². The molecule has 5 rings (SSSR count). The normalized spacial score (nSPS) is 17.1. The molecule has 0 radical (unpaired) electrons. The Kier molecular flexibility index (Phi) is 5.09. The van der Waals surface area contributed by atoms with Gasteiger partial charge in [0.25, 0.3) is 5.91 Å². The summed E-state index contributed by atoms with van der Waals surface area (Å²) in [6.45, 7) is 0. The zero-order valence-electron chi connectivity index (χ0n) is 16.4. The van der Waals surface area contributed by atoms with Crippen molar-refractivity contribution in [2.75, 3.05) is 0 Å². The highest BCUT2D eigenvalue weighted by atomic mass is 32.2. The third-order valence-corrected chi connectivity index (χ3v) is 5.96. The van der Waals surface area contributed by atoms with E-state index in [1.165, 1.54) is 16.8 Å². The van der Waals surface area contributed by atoms with Crippen LogP contribution in [0.3, 0.4) is 0 Å². The van der Waals surface area contributed by atoms with E-state index in [-0.39, 0.29) is 11.7 Å². The summed E-state index contributed by atoms with van der Waals surface area (Å²) in [6.07, 6.45) is -0.939. The van der Waals surface area contributed by atoms with Crippen molar-refractivity contribution in [2.24, 2.45) is 10.1 Å². The van der Waals surface area contributed by atoms with Crippen LogP contribution in [0.5, 0.6) is 0 Å². The van der Waals surface area contributed by atoms with Crippen LogP contribution < -0.4 is 15.9 Å². The van der Waals surface area contributed by atoms with E-state index >= 15 is 0 Å². The van der Waals surface area contributed by atoms with E-state index in [1.807, 2.05) is 72.8 Å². The molecule has 1 N–H and O–H groups in total. The Balaban J connectivity index is 1.56. The van der Waals surface area contributed by atoms with Crippen LogP contribution in [0.25, 0.3) is 5.70 Å². The number of amidine groups is 1. The van der Waals surface area contributed by atoms with Crippen molar-refractivity contribution in [1.29, 1.82) is 0 Å². The third-order valence-electron chi connectivity index (χ3n) is 5.03. The molecule has 0 aliphatic carbocycles. The minimum absolute atomic E-state index is 0.210. The number of Topliss-reactive ketones (excluding diaryl/α,β-unsaturated/α-hetero) is 1. The van der Waals surface area contributed by atoms with Gasteiger partial charge in [0, 0.05) is 16.5 Å². The number of fused-ring (bicyclic) bond motifs is 2. The minimum Gasteiger partial charge on any atom is -0.298 e. The van der Waals surface area contributed by atoms with Gasteiger partial charge in [0.05, 0.1) is 5.36 Å². The summed E-state index contributed by atoms with van der Waals surface area (Å²) in [7, 11) is 0. The SMILES string of the molecule is O=C1NC(SCc2ccccc2)=NN2C1=c1ccccc1=N[C@H]2C(=O)c1ccccc1. The lowest BCUT2D eigenvalue weighted by Crippen LogP contribution is -2.54. The van der Waals surface area contributed by atoms with Gasteiger partial charge in [-0.3, -0.25) is 14.9 Å². The summed E-state index contributed by atoms with van der Waals surface area (Å²) in [6, 6.07) is 26.2. The second-order valence-electron chi connectivity index (χ2n) is 7.08. The van der Waals surface area contributed by atoms with Gasteiger partial charge in [0.15, 0.2) is 5.17 Å². The zero-order valence-corrected chi connectivity index (χ0v) is 17.3. The van der Waals surface area contributed by atoms with Crippen molar-refractivity contribution in [3.8, 4) is 0 Å². The van der Waals surface area contributed by atoms with E-state index in [0.29, 0.717) is 32.8 Å². The average Bonchev–Trinajstić information content (AvgIpc) is 2.83. The smallest absolute Gasteiger partial charge is 0.276 e. The number of benzene rings is 3. The van der Waals surface area contributed by atoms with Crippen LogP contribution in [0.1, 0.15) is 15.9 Å². The number of carbonyl (C=O) groups excluding carboxylic acids is 2. The van der Waals surface area contributed by atoms with Gasteiger partial charge in [0.1, 0.15) is 5.70 Å². The number of hydrazone groups is 1. The number of amides is 1. The molecule has 2 aliphatic heterocycles. The molecule has 0 spiro atoms. The van der Waals surface area contributed by atoms with Crippen LogP contribution in [0, 0.1) is 0 Å². The summed E-state index contributed by atoms with van der Waals surface area (Å²) in [5.41, 5.74) is 1.98. The van der Waals surface area contributed by atoms with Gasteiger partial charge in [0.2, 0.25) is 11.9 Å². The van der Waals surface area contributed by atoms with Crippen molar-refractivity contribution >= 4 is 34.3 Å². The van der Waals surface area contributed by atoms with Crippen molar-refractivity contribution in [1.82, 2.24) is 10.3 Å². The van der Waals surface area contributed by atoms with E-state index in [4.69, 9.17) is 0 Å². The molecule has 0 saturated carbocycles. The van der Waals surface area contributed by atoms with Gasteiger partial charge >= 0.3 is 0 Å². The van der Waals surface area contributed by atoms with Crippen molar-refractivity contribution in [2.45, 2.75) is 11.9 Å². The maximum absolute atomic E-state index is 13.3. The van der Waals surface area contributed by atoms with Gasteiger partial charge in [-0.2, -0.15) is 0 Å². The molecular formula is C24H18N4O2S. The average molecular weight is 427 g/mol. The number of thioether (sulfide) groups is 1. The lowest BCUT2D eigenvalue weighted by Gasteiger charge is -2.33. The number of hydrogen-bond donors (Lipinski definition) is 1. The van der Waals surface area contributed by atoms with Gasteiger partial charge in [-0.05, 0) is 11.6 Å². The molecule has 3 aromatic rings. The van der Waals surface area contributed by atoms with E-state index < -0.39 is 6.17 Å². The Morgan fingerprint density at radius 1 is 0.935 bits per heavy atom. The van der Waals surface area contributed by atoms with Crippen LogP contribution in [-0.2, 0) is 10.5 Å². The lowest BCUT2D eigenvalue weighted by atomic mass is 10.1. The lowest BCUT2D eigenvalue weighted by molar-refractivity contribution is -0.115. The Labute approximate surface area is 183 Å². The molecule has 0 saturated heterocycles. The summed E-state index contributed by atoms with van der Waals surface area (Å²) >= 11 is 1.41. The van der Waals surface area contributed by atoms with E-state index in [0.717, 1.165) is 5.56 Å². The Morgan fingerprint density at radius 3 is 2.39 bits per heavy atom. The molecule has 0 aromatic heterocycles. The number of rotatable bonds is 4. The van der Waals surface area contributed by atoms with E-state index in [1.54, 1.807) is 12.1 Å². The minimum atomic E-state index is -0.939. The van der Waals surface area contributed by atoms with Crippen molar-refractivity contribution < 1.29 is 9.59 Å². The molecule has 0 bridgehead atoms. The predicted molar refractivity (Wildman–Crippen MR) is 120 cm³/mol. The van der Waals surface area contributed by atoms with Crippen LogP contribution >= 0.6 is 11.8 Å². The first-order valence-corrected chi connectivity index (χ1v) is 10.8. The largest absolute Gasteiger partial charge is 0.298 e. The van der Waals surface area contributed by atoms with E-state index in [9.17, 15) is 9.59 Å². The number of ketones is 1. The van der Waals surface area contributed by atoms with Crippen molar-refractivity contribution in [3.63, 3.8) is 0 Å². The topological polar surface area (TPSA) is 74.1 Å². The molecule has 6 nitrogen and oxygen atoms in total. The third kappa shape index (κ3) is 3.75. The van der Waals surface area contributed by atoms with Gasteiger partial charge in [-0.1, -0.05) is 90.6 Å². The fourth-order valence-corrected chi connectivity index (χ4v) is 4.35. The maximum Gasteiger partial charge on any atom is 0.276 e. The Morgan fingerprint density at radius 2 is 1.61 bits per heavy atom.